The lowest BCUT2D eigenvalue weighted by Crippen LogP contribution is -2.58. The molecule has 0 fully saturated rings. The van der Waals surface area contributed by atoms with E-state index in [1.807, 2.05) is 13.8 Å². The molecule has 13 heteroatoms. The monoisotopic (exact) mass is 510 g/mol. The largest absolute Gasteiger partial charge is 0.508 e. The van der Waals surface area contributed by atoms with Crippen LogP contribution >= 0.6 is 0 Å². The van der Waals surface area contributed by atoms with E-state index in [-0.39, 0.29) is 24.5 Å². The fraction of sp³-hybridized carbons (Fsp3) is 0.522. The minimum atomic E-state index is -1.53. The van der Waals surface area contributed by atoms with Gasteiger partial charge < -0.3 is 42.1 Å². The summed E-state index contributed by atoms with van der Waals surface area (Å²) in [5, 5.41) is 44.2. The minimum absolute atomic E-state index is 0.0378. The average Bonchev–Trinajstić information content (AvgIpc) is 2.79. The smallest absolute Gasteiger partial charge is 0.326 e. The van der Waals surface area contributed by atoms with E-state index in [9.17, 15) is 39.3 Å². The van der Waals surface area contributed by atoms with Crippen LogP contribution in [0.1, 0.15) is 38.7 Å². The van der Waals surface area contributed by atoms with Gasteiger partial charge in [0.25, 0.3) is 0 Å². The quantitative estimate of drug-likeness (QED) is 0.139. The number of carbonyl (C=O) groups is 5. The predicted molar refractivity (Wildman–Crippen MR) is 127 cm³/mol. The highest BCUT2D eigenvalue weighted by molar-refractivity contribution is 5.94. The Balaban J connectivity index is 3.05. The maximum absolute atomic E-state index is 12.9. The summed E-state index contributed by atoms with van der Waals surface area (Å²) in [5.41, 5.74) is 6.31. The molecule has 0 spiro atoms. The first kappa shape index (κ1) is 30.3. The van der Waals surface area contributed by atoms with Crippen LogP contribution in [0, 0.1) is 5.92 Å². The van der Waals surface area contributed by atoms with Crippen molar-refractivity contribution >= 4 is 29.7 Å². The van der Waals surface area contributed by atoms with Crippen molar-refractivity contribution in [1.29, 1.82) is 0 Å². The molecule has 36 heavy (non-hydrogen) atoms. The molecule has 0 saturated carbocycles. The molecule has 4 atom stereocenters. The van der Waals surface area contributed by atoms with Crippen molar-refractivity contribution in [3.8, 4) is 5.75 Å². The number of aliphatic hydroxyl groups excluding tert-OH is 1. The summed E-state index contributed by atoms with van der Waals surface area (Å²) in [5.74, 6) is -5.15. The van der Waals surface area contributed by atoms with Gasteiger partial charge in [0.15, 0.2) is 0 Å². The van der Waals surface area contributed by atoms with Crippen LogP contribution in [-0.4, -0.2) is 80.9 Å². The van der Waals surface area contributed by atoms with Crippen molar-refractivity contribution in [1.82, 2.24) is 16.0 Å². The maximum Gasteiger partial charge on any atom is 0.326 e. The second kappa shape index (κ2) is 14.6. The third-order valence-corrected chi connectivity index (χ3v) is 5.15. The molecule has 0 aliphatic rings. The normalized spacial score (nSPS) is 14.2. The summed E-state index contributed by atoms with van der Waals surface area (Å²) in [6.45, 7) is 2.92. The van der Waals surface area contributed by atoms with Crippen molar-refractivity contribution < 1.29 is 44.4 Å². The lowest BCUT2D eigenvalue weighted by Gasteiger charge is -2.24. The van der Waals surface area contributed by atoms with Gasteiger partial charge in [-0.05, 0) is 36.5 Å². The van der Waals surface area contributed by atoms with Crippen LogP contribution in [0.3, 0.4) is 0 Å². The number of benzene rings is 1. The van der Waals surface area contributed by atoms with Crippen LogP contribution in [0.15, 0.2) is 24.3 Å². The molecule has 0 aromatic heterocycles. The summed E-state index contributed by atoms with van der Waals surface area (Å²) in [4.78, 5) is 60.3. The number of nitrogens with two attached hydrogens (primary N) is 1. The number of hydrogen-bond acceptors (Lipinski definition) is 8. The summed E-state index contributed by atoms with van der Waals surface area (Å²) in [6.07, 6.45) is -0.701. The second-order valence-electron chi connectivity index (χ2n) is 8.74. The molecule has 0 bridgehead atoms. The van der Waals surface area contributed by atoms with Crippen LogP contribution in [0.5, 0.6) is 5.75 Å². The van der Waals surface area contributed by atoms with Crippen molar-refractivity contribution in [3.63, 3.8) is 0 Å². The molecule has 0 radical (unpaired) electrons. The van der Waals surface area contributed by atoms with E-state index in [2.05, 4.69) is 16.0 Å². The van der Waals surface area contributed by atoms with Gasteiger partial charge in [0, 0.05) is 12.8 Å². The number of aromatic hydroxyl groups is 1. The third kappa shape index (κ3) is 10.7. The molecule has 200 valence electrons. The van der Waals surface area contributed by atoms with Gasteiger partial charge in [-0.1, -0.05) is 26.0 Å². The average molecular weight is 511 g/mol. The Morgan fingerprint density at radius 1 is 0.861 bits per heavy atom. The van der Waals surface area contributed by atoms with Crippen molar-refractivity contribution in [2.75, 3.05) is 6.61 Å². The van der Waals surface area contributed by atoms with E-state index in [1.54, 1.807) is 0 Å². The topological polar surface area (TPSA) is 228 Å². The number of aliphatic carboxylic acids is 2. The van der Waals surface area contributed by atoms with Crippen LogP contribution in [0.25, 0.3) is 0 Å². The van der Waals surface area contributed by atoms with E-state index < -0.39 is 66.9 Å². The van der Waals surface area contributed by atoms with E-state index in [0.29, 0.717) is 12.0 Å². The Hall–Kier alpha value is -3.71. The van der Waals surface area contributed by atoms with Crippen molar-refractivity contribution in [2.24, 2.45) is 11.7 Å². The standard InChI is InChI=1S/C23H34N4O9/c1-12(2)9-15(24)20(32)27-18(11-28)22(34)26-17(10-13-3-5-14(29)6-4-13)21(33)25-16(23(35)36)7-8-19(30)31/h3-6,12,15-18,28-29H,7-11,24H2,1-2H3,(H,25,33)(H,26,34)(H,27,32)(H,30,31)(H,35,36). The Bertz CT molecular complexity index is 921. The molecule has 0 aliphatic carbocycles. The molecule has 1 rings (SSSR count). The lowest BCUT2D eigenvalue weighted by molar-refractivity contribution is -0.143. The van der Waals surface area contributed by atoms with E-state index in [1.165, 1.54) is 24.3 Å². The number of nitrogens with one attached hydrogen (secondary N) is 3. The fourth-order valence-electron chi connectivity index (χ4n) is 3.23. The number of amides is 3. The summed E-state index contributed by atoms with van der Waals surface area (Å²) in [7, 11) is 0. The minimum Gasteiger partial charge on any atom is -0.508 e. The van der Waals surface area contributed by atoms with Crippen LogP contribution in [0.4, 0.5) is 0 Å². The van der Waals surface area contributed by atoms with E-state index in [4.69, 9.17) is 10.8 Å². The summed E-state index contributed by atoms with van der Waals surface area (Å²) in [6, 6.07) is 0.423. The first-order valence-corrected chi connectivity index (χ1v) is 11.3. The first-order valence-electron chi connectivity index (χ1n) is 11.3. The summed E-state index contributed by atoms with van der Waals surface area (Å²) < 4.78 is 0. The van der Waals surface area contributed by atoms with Gasteiger partial charge in [0.2, 0.25) is 17.7 Å². The van der Waals surface area contributed by atoms with Crippen molar-refractivity contribution in [3.05, 3.63) is 29.8 Å². The van der Waals surface area contributed by atoms with E-state index in [0.717, 1.165) is 0 Å². The van der Waals surface area contributed by atoms with Gasteiger partial charge in [-0.3, -0.25) is 19.2 Å². The molecular formula is C23H34N4O9. The molecule has 1 aromatic rings. The molecule has 0 heterocycles. The van der Waals surface area contributed by atoms with Gasteiger partial charge in [0.05, 0.1) is 12.6 Å². The summed E-state index contributed by atoms with van der Waals surface area (Å²) >= 11 is 0. The zero-order valence-corrected chi connectivity index (χ0v) is 20.1. The molecular weight excluding hydrogens is 476 g/mol. The first-order chi connectivity index (χ1) is 16.8. The predicted octanol–water partition coefficient (Wildman–Crippen LogP) is -1.30. The molecule has 3 amide bonds. The lowest BCUT2D eigenvalue weighted by atomic mass is 10.0. The zero-order chi connectivity index (χ0) is 27.4. The number of aliphatic hydroxyl groups is 1. The third-order valence-electron chi connectivity index (χ3n) is 5.15. The van der Waals surface area contributed by atoms with Crippen LogP contribution < -0.4 is 21.7 Å². The van der Waals surface area contributed by atoms with Crippen LogP contribution in [0.2, 0.25) is 0 Å². The number of hydrogen-bond donors (Lipinski definition) is 8. The fourth-order valence-corrected chi connectivity index (χ4v) is 3.23. The van der Waals surface area contributed by atoms with Crippen LogP contribution in [-0.2, 0) is 30.4 Å². The second-order valence-corrected chi connectivity index (χ2v) is 8.74. The zero-order valence-electron chi connectivity index (χ0n) is 20.1. The molecule has 0 saturated heterocycles. The van der Waals surface area contributed by atoms with Gasteiger partial charge in [-0.15, -0.1) is 0 Å². The highest BCUT2D eigenvalue weighted by Crippen LogP contribution is 2.12. The van der Waals surface area contributed by atoms with Gasteiger partial charge in [-0.2, -0.15) is 0 Å². The Morgan fingerprint density at radius 3 is 1.89 bits per heavy atom. The van der Waals surface area contributed by atoms with E-state index >= 15 is 0 Å². The number of phenolic OH excluding ortho intramolecular Hbond substituents is 1. The van der Waals surface area contributed by atoms with Gasteiger partial charge in [-0.25, -0.2) is 4.79 Å². The Labute approximate surface area is 208 Å². The van der Waals surface area contributed by atoms with Gasteiger partial charge in [0.1, 0.15) is 23.9 Å². The number of rotatable bonds is 15. The maximum atomic E-state index is 12.9. The SMILES string of the molecule is CC(C)CC(N)C(=O)NC(CO)C(=O)NC(Cc1ccc(O)cc1)C(=O)NC(CCC(=O)O)C(=O)O. The molecule has 9 N–H and O–H groups in total. The van der Waals surface area contributed by atoms with Gasteiger partial charge >= 0.3 is 11.9 Å². The Morgan fingerprint density at radius 2 is 1.39 bits per heavy atom. The number of phenols is 1. The number of carbonyl (C=O) groups excluding carboxylic acids is 3. The highest BCUT2D eigenvalue weighted by atomic mass is 16.4. The molecule has 13 nitrogen and oxygen atoms in total. The highest BCUT2D eigenvalue weighted by Gasteiger charge is 2.30. The Kier molecular flexibility index (Phi) is 12.3. The van der Waals surface area contributed by atoms with Crippen molar-refractivity contribution in [2.45, 2.75) is 63.7 Å². The number of carboxylic acid groups (broad SMARTS) is 2. The molecule has 1 aromatic carbocycles. The number of carboxylic acids is 2. The molecule has 4 unspecified atom stereocenters. The molecule has 0 aliphatic heterocycles.